The number of hydrogen-bond donors (Lipinski definition) is 0. The van der Waals surface area contributed by atoms with E-state index in [1.807, 2.05) is 30.3 Å². The molecule has 0 N–H and O–H groups in total. The highest BCUT2D eigenvalue weighted by Gasteiger charge is 2.41. The van der Waals surface area contributed by atoms with E-state index < -0.39 is 11.6 Å². The molecule has 27 heavy (non-hydrogen) atoms. The molecule has 1 spiro atoms. The normalized spacial score (nSPS) is 22.8. The van der Waals surface area contributed by atoms with E-state index in [1.54, 1.807) is 6.07 Å². The van der Waals surface area contributed by atoms with Gasteiger partial charge in [-0.25, -0.2) is 4.79 Å². The molecule has 1 fully saturated rings. The van der Waals surface area contributed by atoms with Crippen molar-refractivity contribution in [2.24, 2.45) is 0 Å². The number of para-hydroxylation sites is 1. The van der Waals surface area contributed by atoms with Crippen LogP contribution < -0.4 is 4.74 Å². The van der Waals surface area contributed by atoms with E-state index >= 15 is 0 Å². The van der Waals surface area contributed by atoms with Crippen molar-refractivity contribution in [1.82, 2.24) is 4.90 Å². The molecule has 2 aliphatic rings. The number of benzene rings is 1. The molecule has 0 amide bonds. The van der Waals surface area contributed by atoms with Crippen LogP contribution in [0.3, 0.4) is 0 Å². The van der Waals surface area contributed by atoms with E-state index in [0.717, 1.165) is 38.1 Å². The van der Waals surface area contributed by atoms with Gasteiger partial charge in [-0.05, 0) is 43.7 Å². The van der Waals surface area contributed by atoms with Crippen LogP contribution in [0.4, 0.5) is 0 Å². The second kappa shape index (κ2) is 7.19. The highest BCUT2D eigenvalue weighted by Crippen LogP contribution is 2.39. The minimum absolute atomic E-state index is 0.166. The van der Waals surface area contributed by atoms with Crippen LogP contribution in [0.25, 0.3) is 0 Å². The maximum Gasteiger partial charge on any atom is 0.373 e. The molecule has 6 heteroatoms. The Morgan fingerprint density at radius 3 is 2.89 bits per heavy atom. The van der Waals surface area contributed by atoms with Gasteiger partial charge in [-0.15, -0.1) is 0 Å². The van der Waals surface area contributed by atoms with Crippen LogP contribution in [0.15, 0.2) is 40.8 Å². The highest BCUT2D eigenvalue weighted by atomic mass is 16.5. The Morgan fingerprint density at radius 1 is 1.19 bits per heavy atom. The van der Waals surface area contributed by atoms with E-state index in [1.165, 1.54) is 7.11 Å². The molecule has 1 aromatic carbocycles. The smallest absolute Gasteiger partial charge is 0.373 e. The summed E-state index contributed by atoms with van der Waals surface area (Å²) in [5, 5.41) is 0. The summed E-state index contributed by atoms with van der Waals surface area (Å²) in [6.07, 6.45) is 3.03. The monoisotopic (exact) mass is 369 g/mol. The van der Waals surface area contributed by atoms with Crippen molar-refractivity contribution in [2.75, 3.05) is 20.2 Å². The minimum Gasteiger partial charge on any atom is -0.486 e. The molecule has 0 saturated carbocycles. The standard InChI is InChI=1S/C21H23NO5/c1-25-20(24)19-8-7-15(26-19)14-22-11-4-9-21(10-12-22)13-17(23)16-5-2-3-6-18(16)27-21/h2-3,5-8H,4,9-14H2,1H3. The predicted molar refractivity (Wildman–Crippen MR) is 97.9 cm³/mol. The Balaban J connectivity index is 1.43. The number of carbonyl (C=O) groups excluding carboxylic acids is 2. The zero-order chi connectivity index (χ0) is 18.9. The Hall–Kier alpha value is -2.60. The molecular weight excluding hydrogens is 346 g/mol. The van der Waals surface area contributed by atoms with Gasteiger partial charge >= 0.3 is 5.97 Å². The van der Waals surface area contributed by atoms with Gasteiger partial charge in [0.25, 0.3) is 0 Å². The maximum absolute atomic E-state index is 12.6. The quantitative estimate of drug-likeness (QED) is 0.772. The van der Waals surface area contributed by atoms with Crippen LogP contribution in [0, 0.1) is 0 Å². The summed E-state index contributed by atoms with van der Waals surface area (Å²) in [7, 11) is 1.34. The number of hydrogen-bond acceptors (Lipinski definition) is 6. The first-order valence-corrected chi connectivity index (χ1v) is 9.29. The molecule has 0 bridgehead atoms. The van der Waals surface area contributed by atoms with Crippen molar-refractivity contribution < 1.29 is 23.5 Å². The number of ether oxygens (including phenoxy) is 2. The zero-order valence-corrected chi connectivity index (χ0v) is 15.4. The largest absolute Gasteiger partial charge is 0.486 e. The molecule has 1 unspecified atom stereocenters. The molecule has 0 aliphatic carbocycles. The lowest BCUT2D eigenvalue weighted by Crippen LogP contribution is -2.42. The first kappa shape index (κ1) is 17.8. The van der Waals surface area contributed by atoms with Crippen molar-refractivity contribution in [3.8, 4) is 5.75 Å². The van der Waals surface area contributed by atoms with Gasteiger partial charge in [-0.2, -0.15) is 0 Å². The molecule has 2 aliphatic heterocycles. The van der Waals surface area contributed by atoms with E-state index in [-0.39, 0.29) is 11.5 Å². The summed E-state index contributed by atoms with van der Waals surface area (Å²) in [4.78, 5) is 26.4. The van der Waals surface area contributed by atoms with E-state index in [2.05, 4.69) is 9.64 Å². The fourth-order valence-electron chi connectivity index (χ4n) is 4.00. The molecule has 142 valence electrons. The number of likely N-dealkylation sites (tertiary alicyclic amines) is 1. The number of nitrogens with zero attached hydrogens (tertiary/aromatic N) is 1. The third-order valence-electron chi connectivity index (χ3n) is 5.41. The van der Waals surface area contributed by atoms with E-state index in [9.17, 15) is 9.59 Å². The summed E-state index contributed by atoms with van der Waals surface area (Å²) in [5.74, 6) is 1.35. The Labute approximate surface area is 158 Å². The Kier molecular flexibility index (Phi) is 4.74. The minimum atomic E-state index is -0.469. The van der Waals surface area contributed by atoms with Gasteiger partial charge < -0.3 is 13.9 Å². The number of Topliss-reactive ketones (excluding diaryl/α,β-unsaturated/α-hetero) is 1. The highest BCUT2D eigenvalue weighted by molar-refractivity contribution is 6.00. The number of rotatable bonds is 3. The van der Waals surface area contributed by atoms with E-state index in [4.69, 9.17) is 9.15 Å². The lowest BCUT2D eigenvalue weighted by Gasteiger charge is -2.37. The van der Waals surface area contributed by atoms with Crippen molar-refractivity contribution >= 4 is 11.8 Å². The van der Waals surface area contributed by atoms with Crippen molar-refractivity contribution in [3.63, 3.8) is 0 Å². The second-order valence-corrected chi connectivity index (χ2v) is 7.27. The molecule has 1 atom stereocenters. The van der Waals surface area contributed by atoms with Crippen LogP contribution in [0.5, 0.6) is 5.75 Å². The lowest BCUT2D eigenvalue weighted by molar-refractivity contribution is 0.0297. The average molecular weight is 369 g/mol. The van der Waals surface area contributed by atoms with E-state index in [0.29, 0.717) is 24.3 Å². The van der Waals surface area contributed by atoms with Crippen LogP contribution in [0.1, 0.15) is 52.4 Å². The molecule has 6 nitrogen and oxygen atoms in total. The lowest BCUT2D eigenvalue weighted by atomic mass is 9.84. The second-order valence-electron chi connectivity index (χ2n) is 7.27. The van der Waals surface area contributed by atoms with Gasteiger partial charge in [-0.1, -0.05) is 12.1 Å². The zero-order valence-electron chi connectivity index (χ0n) is 15.4. The fourth-order valence-corrected chi connectivity index (χ4v) is 4.00. The number of esters is 1. The fraction of sp³-hybridized carbons (Fsp3) is 0.429. The van der Waals surface area contributed by atoms with Crippen molar-refractivity contribution in [2.45, 2.75) is 37.8 Å². The SMILES string of the molecule is COC(=O)c1ccc(CN2CCCC3(CC2)CC(=O)c2ccccc2O3)o1. The molecule has 1 saturated heterocycles. The van der Waals surface area contributed by atoms with Gasteiger partial charge in [0.05, 0.1) is 25.6 Å². The summed E-state index contributed by atoms with van der Waals surface area (Å²) in [5.41, 5.74) is 0.274. The Morgan fingerprint density at radius 2 is 2.04 bits per heavy atom. The molecule has 3 heterocycles. The summed E-state index contributed by atoms with van der Waals surface area (Å²) in [6.45, 7) is 2.33. The Bertz CT molecular complexity index is 858. The first-order chi connectivity index (χ1) is 13.1. The average Bonchev–Trinajstić information content (AvgIpc) is 3.06. The summed E-state index contributed by atoms with van der Waals surface area (Å²) < 4.78 is 16.6. The van der Waals surface area contributed by atoms with Crippen LogP contribution in [0.2, 0.25) is 0 Å². The third kappa shape index (κ3) is 3.62. The number of methoxy groups -OCH3 is 1. The van der Waals surface area contributed by atoms with Crippen LogP contribution >= 0.6 is 0 Å². The van der Waals surface area contributed by atoms with Crippen LogP contribution in [-0.2, 0) is 11.3 Å². The maximum atomic E-state index is 12.6. The van der Waals surface area contributed by atoms with Crippen LogP contribution in [-0.4, -0.2) is 42.5 Å². The predicted octanol–water partition coefficient (Wildman–Crippen LogP) is 3.46. The molecule has 4 rings (SSSR count). The first-order valence-electron chi connectivity index (χ1n) is 9.29. The van der Waals surface area contributed by atoms with Crippen molar-refractivity contribution in [1.29, 1.82) is 0 Å². The van der Waals surface area contributed by atoms with Gasteiger partial charge in [-0.3, -0.25) is 9.69 Å². The van der Waals surface area contributed by atoms with Crippen molar-refractivity contribution in [3.05, 3.63) is 53.5 Å². The van der Waals surface area contributed by atoms with Gasteiger partial charge in [0, 0.05) is 13.0 Å². The molecule has 2 aromatic rings. The third-order valence-corrected chi connectivity index (χ3v) is 5.41. The number of furan rings is 1. The number of ketones is 1. The summed E-state index contributed by atoms with van der Waals surface area (Å²) >= 11 is 0. The molecule has 1 aromatic heterocycles. The number of fused-ring (bicyclic) bond motifs is 1. The van der Waals surface area contributed by atoms with Gasteiger partial charge in [0.1, 0.15) is 17.1 Å². The van der Waals surface area contributed by atoms with Gasteiger partial charge in [0.15, 0.2) is 5.78 Å². The number of carbonyl (C=O) groups is 2. The topological polar surface area (TPSA) is 69.0 Å². The molecule has 0 radical (unpaired) electrons. The summed E-state index contributed by atoms with van der Waals surface area (Å²) in [6, 6.07) is 10.9. The molecular formula is C21H23NO5. The van der Waals surface area contributed by atoms with Gasteiger partial charge in [0.2, 0.25) is 5.76 Å².